The first-order valence-electron chi connectivity index (χ1n) is 6.91. The number of halogens is 2. The minimum absolute atomic E-state index is 0.130. The van der Waals surface area contributed by atoms with Gasteiger partial charge in [0, 0.05) is 12.1 Å². The average Bonchev–Trinajstić information content (AvgIpc) is 2.36. The molecule has 0 saturated carbocycles. The summed E-state index contributed by atoms with van der Waals surface area (Å²) in [5.41, 5.74) is 0. The molecule has 0 aliphatic rings. The van der Waals surface area contributed by atoms with Crippen LogP contribution in [-0.2, 0) is 0 Å². The standard InChI is InChI=1S/C15H23ClFNO/c1-12(2)18-9-5-3-4-6-10-19-13-7-8-14(16)15(17)11-13/h7-8,11-12,18H,3-6,9-10H2,1-2H3. The van der Waals surface area contributed by atoms with Crippen LogP contribution in [0.3, 0.4) is 0 Å². The van der Waals surface area contributed by atoms with Crippen molar-refractivity contribution in [3.63, 3.8) is 0 Å². The van der Waals surface area contributed by atoms with Crippen LogP contribution in [0.5, 0.6) is 5.75 Å². The Morgan fingerprint density at radius 1 is 1.21 bits per heavy atom. The van der Waals surface area contributed by atoms with Gasteiger partial charge in [0.1, 0.15) is 11.6 Å². The van der Waals surface area contributed by atoms with Crippen molar-refractivity contribution < 1.29 is 9.13 Å². The average molecular weight is 288 g/mol. The Kier molecular flexibility index (Phi) is 7.84. The van der Waals surface area contributed by atoms with Crippen molar-refractivity contribution in [1.29, 1.82) is 0 Å². The smallest absolute Gasteiger partial charge is 0.145 e. The highest BCUT2D eigenvalue weighted by Gasteiger charge is 2.01. The van der Waals surface area contributed by atoms with Gasteiger partial charge in [-0.25, -0.2) is 4.39 Å². The van der Waals surface area contributed by atoms with Gasteiger partial charge in [-0.15, -0.1) is 0 Å². The van der Waals surface area contributed by atoms with Crippen LogP contribution in [0.4, 0.5) is 4.39 Å². The molecule has 0 bridgehead atoms. The largest absolute Gasteiger partial charge is 0.493 e. The van der Waals surface area contributed by atoms with Crippen LogP contribution in [0.1, 0.15) is 39.5 Å². The predicted molar refractivity (Wildman–Crippen MR) is 78.5 cm³/mol. The van der Waals surface area contributed by atoms with E-state index < -0.39 is 5.82 Å². The van der Waals surface area contributed by atoms with Gasteiger partial charge in [-0.3, -0.25) is 0 Å². The van der Waals surface area contributed by atoms with E-state index in [9.17, 15) is 4.39 Å². The number of rotatable bonds is 9. The molecule has 0 fully saturated rings. The van der Waals surface area contributed by atoms with Crippen molar-refractivity contribution >= 4 is 11.6 Å². The lowest BCUT2D eigenvalue weighted by atomic mass is 10.2. The minimum Gasteiger partial charge on any atom is -0.493 e. The molecule has 0 unspecified atom stereocenters. The molecule has 0 aliphatic heterocycles. The van der Waals surface area contributed by atoms with E-state index >= 15 is 0 Å². The molecule has 19 heavy (non-hydrogen) atoms. The Hall–Kier alpha value is -0.800. The SMILES string of the molecule is CC(C)NCCCCCCOc1ccc(Cl)c(F)c1. The van der Waals surface area contributed by atoms with Gasteiger partial charge in [0.2, 0.25) is 0 Å². The molecule has 0 heterocycles. The van der Waals surface area contributed by atoms with Crippen LogP contribution in [-0.4, -0.2) is 19.2 Å². The lowest BCUT2D eigenvalue weighted by molar-refractivity contribution is 0.303. The number of hydrogen-bond donors (Lipinski definition) is 1. The number of ether oxygens (including phenoxy) is 1. The van der Waals surface area contributed by atoms with Crippen LogP contribution in [0.15, 0.2) is 18.2 Å². The molecule has 2 nitrogen and oxygen atoms in total. The van der Waals surface area contributed by atoms with Crippen molar-refractivity contribution in [2.75, 3.05) is 13.2 Å². The van der Waals surface area contributed by atoms with E-state index in [0.717, 1.165) is 19.4 Å². The molecule has 0 aliphatic carbocycles. The fourth-order valence-electron chi connectivity index (χ4n) is 1.73. The van der Waals surface area contributed by atoms with E-state index in [0.29, 0.717) is 18.4 Å². The molecular weight excluding hydrogens is 265 g/mol. The first-order chi connectivity index (χ1) is 9.09. The molecule has 4 heteroatoms. The molecule has 0 spiro atoms. The van der Waals surface area contributed by atoms with Gasteiger partial charge in [0.05, 0.1) is 11.6 Å². The maximum Gasteiger partial charge on any atom is 0.145 e. The second-order valence-corrected chi connectivity index (χ2v) is 5.35. The minimum atomic E-state index is -0.432. The zero-order valence-electron chi connectivity index (χ0n) is 11.7. The number of hydrogen-bond acceptors (Lipinski definition) is 2. The van der Waals surface area contributed by atoms with Gasteiger partial charge in [-0.2, -0.15) is 0 Å². The quantitative estimate of drug-likeness (QED) is 0.679. The molecule has 0 radical (unpaired) electrons. The summed E-state index contributed by atoms with van der Waals surface area (Å²) >= 11 is 5.60. The Morgan fingerprint density at radius 2 is 1.95 bits per heavy atom. The number of unbranched alkanes of at least 4 members (excludes halogenated alkanes) is 3. The molecular formula is C15H23ClFNO. The van der Waals surface area contributed by atoms with Gasteiger partial charge in [-0.1, -0.05) is 38.3 Å². The van der Waals surface area contributed by atoms with Crippen LogP contribution < -0.4 is 10.1 Å². The fourth-order valence-corrected chi connectivity index (χ4v) is 1.85. The molecule has 1 rings (SSSR count). The zero-order valence-corrected chi connectivity index (χ0v) is 12.5. The number of benzene rings is 1. The monoisotopic (exact) mass is 287 g/mol. The summed E-state index contributed by atoms with van der Waals surface area (Å²) in [6, 6.07) is 5.10. The summed E-state index contributed by atoms with van der Waals surface area (Å²) < 4.78 is 18.6. The Morgan fingerprint density at radius 3 is 2.63 bits per heavy atom. The summed E-state index contributed by atoms with van der Waals surface area (Å²) in [6.45, 7) is 6.00. The van der Waals surface area contributed by atoms with Gasteiger partial charge in [0.15, 0.2) is 0 Å². The molecule has 1 aromatic rings. The van der Waals surface area contributed by atoms with E-state index in [4.69, 9.17) is 16.3 Å². The van der Waals surface area contributed by atoms with E-state index in [2.05, 4.69) is 19.2 Å². The summed E-state index contributed by atoms with van der Waals surface area (Å²) in [7, 11) is 0. The van der Waals surface area contributed by atoms with Crippen molar-refractivity contribution in [1.82, 2.24) is 5.32 Å². The zero-order chi connectivity index (χ0) is 14.1. The van der Waals surface area contributed by atoms with E-state index in [-0.39, 0.29) is 5.02 Å². The Balaban J connectivity index is 2.03. The van der Waals surface area contributed by atoms with Crippen molar-refractivity contribution in [3.05, 3.63) is 29.0 Å². The molecule has 0 amide bonds. The summed E-state index contributed by atoms with van der Waals surface area (Å²) in [5.74, 6) is 0.113. The van der Waals surface area contributed by atoms with Crippen molar-refractivity contribution in [3.8, 4) is 5.75 Å². The second-order valence-electron chi connectivity index (χ2n) is 4.95. The number of nitrogens with one attached hydrogen (secondary N) is 1. The molecule has 1 aromatic carbocycles. The first-order valence-corrected chi connectivity index (χ1v) is 7.28. The lowest BCUT2D eigenvalue weighted by Gasteiger charge is -2.08. The molecule has 1 N–H and O–H groups in total. The van der Waals surface area contributed by atoms with Crippen LogP contribution in [0.2, 0.25) is 5.02 Å². The third kappa shape index (κ3) is 7.38. The van der Waals surface area contributed by atoms with Gasteiger partial charge < -0.3 is 10.1 Å². The van der Waals surface area contributed by atoms with Crippen LogP contribution in [0, 0.1) is 5.82 Å². The highest BCUT2D eigenvalue weighted by atomic mass is 35.5. The Labute approximate surface area is 120 Å². The third-order valence-electron chi connectivity index (χ3n) is 2.78. The van der Waals surface area contributed by atoms with Crippen molar-refractivity contribution in [2.24, 2.45) is 0 Å². The van der Waals surface area contributed by atoms with E-state index in [1.54, 1.807) is 6.07 Å². The topological polar surface area (TPSA) is 21.3 Å². The van der Waals surface area contributed by atoms with Crippen molar-refractivity contribution in [2.45, 2.75) is 45.6 Å². The lowest BCUT2D eigenvalue weighted by Crippen LogP contribution is -2.23. The fraction of sp³-hybridized carbons (Fsp3) is 0.600. The van der Waals surface area contributed by atoms with Crippen LogP contribution in [0.25, 0.3) is 0 Å². The maximum atomic E-state index is 13.1. The molecule has 0 saturated heterocycles. The van der Waals surface area contributed by atoms with Gasteiger partial charge in [0.25, 0.3) is 0 Å². The summed E-state index contributed by atoms with van der Waals surface area (Å²) in [5, 5.41) is 3.52. The predicted octanol–water partition coefficient (Wildman–Crippen LogP) is 4.42. The molecule has 0 atom stereocenters. The van der Waals surface area contributed by atoms with Gasteiger partial charge in [-0.05, 0) is 31.5 Å². The molecule has 108 valence electrons. The third-order valence-corrected chi connectivity index (χ3v) is 3.09. The summed E-state index contributed by atoms with van der Waals surface area (Å²) in [6.07, 6.45) is 4.51. The highest BCUT2D eigenvalue weighted by Crippen LogP contribution is 2.20. The van der Waals surface area contributed by atoms with Crippen LogP contribution >= 0.6 is 11.6 Å². The van der Waals surface area contributed by atoms with Gasteiger partial charge >= 0.3 is 0 Å². The van der Waals surface area contributed by atoms with E-state index in [1.165, 1.54) is 25.0 Å². The highest BCUT2D eigenvalue weighted by molar-refractivity contribution is 6.30. The normalized spacial score (nSPS) is 11.0. The first kappa shape index (κ1) is 16.3. The summed E-state index contributed by atoms with van der Waals surface area (Å²) in [4.78, 5) is 0. The van der Waals surface area contributed by atoms with E-state index in [1.807, 2.05) is 0 Å². The second kappa shape index (κ2) is 9.16. The Bertz CT molecular complexity index is 371. The maximum absolute atomic E-state index is 13.1. The molecule has 0 aromatic heterocycles.